The molecule has 0 aliphatic carbocycles. The molecule has 196 valence electrons. The van der Waals surface area contributed by atoms with Crippen LogP contribution < -0.4 is 19.5 Å². The van der Waals surface area contributed by atoms with Crippen molar-refractivity contribution in [2.75, 3.05) is 11.9 Å². The largest absolute Gasteiger partial charge is 0.490 e. The van der Waals surface area contributed by atoms with E-state index in [0.29, 0.717) is 48.3 Å². The summed E-state index contributed by atoms with van der Waals surface area (Å²) in [7, 11) is 0. The minimum absolute atomic E-state index is 0.0367. The van der Waals surface area contributed by atoms with Gasteiger partial charge in [0.05, 0.1) is 6.61 Å². The zero-order valence-electron chi connectivity index (χ0n) is 21.4. The Hall–Kier alpha value is -4.54. The lowest BCUT2D eigenvalue weighted by molar-refractivity contribution is -0.112. The highest BCUT2D eigenvalue weighted by molar-refractivity contribution is 9.10. The maximum Gasteiger partial charge on any atom is 0.266 e. The van der Waals surface area contributed by atoms with Gasteiger partial charge >= 0.3 is 0 Å². The number of halogens is 1. The minimum atomic E-state index is -0.510. The molecule has 0 unspecified atom stereocenters. The predicted octanol–water partition coefficient (Wildman–Crippen LogP) is 7.55. The summed E-state index contributed by atoms with van der Waals surface area (Å²) in [6, 6.07) is 32.0. The fourth-order valence-corrected chi connectivity index (χ4v) is 3.90. The molecule has 6 nitrogen and oxygen atoms in total. The summed E-state index contributed by atoms with van der Waals surface area (Å²) in [4.78, 5) is 12.8. The first-order chi connectivity index (χ1) is 19.0. The number of anilines is 1. The van der Waals surface area contributed by atoms with Crippen LogP contribution in [0.1, 0.15) is 23.6 Å². The van der Waals surface area contributed by atoms with Crippen LogP contribution in [0.3, 0.4) is 0 Å². The van der Waals surface area contributed by atoms with Gasteiger partial charge in [0.15, 0.2) is 11.5 Å². The second-order valence-electron chi connectivity index (χ2n) is 8.48. The van der Waals surface area contributed by atoms with Crippen molar-refractivity contribution in [1.82, 2.24) is 0 Å². The minimum Gasteiger partial charge on any atom is -0.490 e. The van der Waals surface area contributed by atoms with Crippen molar-refractivity contribution >= 4 is 33.6 Å². The third kappa shape index (κ3) is 8.22. The maximum absolute atomic E-state index is 12.8. The van der Waals surface area contributed by atoms with E-state index in [9.17, 15) is 10.1 Å². The second-order valence-corrected chi connectivity index (χ2v) is 9.39. The molecule has 7 heteroatoms. The third-order valence-electron chi connectivity index (χ3n) is 5.61. The zero-order valence-corrected chi connectivity index (χ0v) is 23.0. The Balaban J connectivity index is 1.40. The van der Waals surface area contributed by atoms with Crippen LogP contribution in [-0.4, -0.2) is 12.5 Å². The first-order valence-electron chi connectivity index (χ1n) is 12.4. The van der Waals surface area contributed by atoms with Gasteiger partial charge in [0.1, 0.15) is 30.6 Å². The number of nitrogens with zero attached hydrogens (tertiary/aromatic N) is 1. The maximum atomic E-state index is 12.8. The summed E-state index contributed by atoms with van der Waals surface area (Å²) in [5.74, 6) is 1.28. The summed E-state index contributed by atoms with van der Waals surface area (Å²) in [5, 5.41) is 12.4. The zero-order chi connectivity index (χ0) is 27.5. The van der Waals surface area contributed by atoms with Gasteiger partial charge in [-0.05, 0) is 78.2 Å². The van der Waals surface area contributed by atoms with E-state index in [2.05, 4.69) is 21.2 Å². The fraction of sp³-hybridized carbons (Fsp3) is 0.125. The Kier molecular flexibility index (Phi) is 9.76. The van der Waals surface area contributed by atoms with Crippen molar-refractivity contribution < 1.29 is 19.0 Å². The van der Waals surface area contributed by atoms with Crippen molar-refractivity contribution in [3.8, 4) is 23.3 Å². The normalized spacial score (nSPS) is 10.8. The van der Waals surface area contributed by atoms with E-state index in [0.717, 1.165) is 15.6 Å². The number of ether oxygens (including phenoxy) is 3. The molecule has 0 atom stereocenters. The van der Waals surface area contributed by atoms with Crippen molar-refractivity contribution in [2.45, 2.75) is 20.1 Å². The molecule has 39 heavy (non-hydrogen) atoms. The van der Waals surface area contributed by atoms with Crippen LogP contribution in [0, 0.1) is 11.3 Å². The van der Waals surface area contributed by atoms with Crippen LogP contribution in [0.4, 0.5) is 5.69 Å². The molecule has 1 amide bonds. The Bertz CT molecular complexity index is 1460. The van der Waals surface area contributed by atoms with E-state index >= 15 is 0 Å². The van der Waals surface area contributed by atoms with Crippen molar-refractivity contribution in [3.63, 3.8) is 0 Å². The number of hydrogen-bond donors (Lipinski definition) is 1. The van der Waals surface area contributed by atoms with Gasteiger partial charge in [-0.3, -0.25) is 4.79 Å². The number of nitriles is 1. The van der Waals surface area contributed by atoms with E-state index in [1.807, 2.05) is 67.6 Å². The van der Waals surface area contributed by atoms with Gasteiger partial charge in [-0.2, -0.15) is 5.26 Å². The molecule has 0 aliphatic rings. The van der Waals surface area contributed by atoms with Crippen LogP contribution in [0.2, 0.25) is 0 Å². The molecule has 0 saturated heterocycles. The van der Waals surface area contributed by atoms with E-state index in [1.54, 1.807) is 42.5 Å². The van der Waals surface area contributed by atoms with Crippen LogP contribution in [-0.2, 0) is 18.0 Å². The highest BCUT2D eigenvalue weighted by Gasteiger charge is 2.12. The van der Waals surface area contributed by atoms with Crippen molar-refractivity contribution in [2.24, 2.45) is 0 Å². The van der Waals surface area contributed by atoms with E-state index in [4.69, 9.17) is 14.2 Å². The molecule has 0 aromatic heterocycles. The number of amides is 1. The molecule has 0 saturated carbocycles. The summed E-state index contributed by atoms with van der Waals surface area (Å²) >= 11 is 3.43. The van der Waals surface area contributed by atoms with Crippen LogP contribution in [0.25, 0.3) is 6.08 Å². The van der Waals surface area contributed by atoms with Gasteiger partial charge in [0.2, 0.25) is 0 Å². The quantitative estimate of drug-likeness (QED) is 0.146. The van der Waals surface area contributed by atoms with E-state index in [1.165, 1.54) is 6.08 Å². The fourth-order valence-electron chi connectivity index (χ4n) is 3.63. The summed E-state index contributed by atoms with van der Waals surface area (Å²) < 4.78 is 18.5. The van der Waals surface area contributed by atoms with Crippen molar-refractivity contribution in [3.05, 3.63) is 124 Å². The first-order valence-corrected chi connectivity index (χ1v) is 13.2. The number of nitrogens with one attached hydrogen (secondary N) is 1. The van der Waals surface area contributed by atoms with Gasteiger partial charge in [-0.15, -0.1) is 0 Å². The number of carbonyl (C=O) groups is 1. The number of benzene rings is 4. The molecule has 0 fully saturated rings. The van der Waals surface area contributed by atoms with E-state index in [-0.39, 0.29) is 5.57 Å². The molecule has 1 N–H and O–H groups in total. The Morgan fingerprint density at radius 2 is 1.54 bits per heavy atom. The highest BCUT2D eigenvalue weighted by atomic mass is 79.9. The van der Waals surface area contributed by atoms with Gasteiger partial charge in [-0.25, -0.2) is 0 Å². The number of carbonyl (C=O) groups excluding carboxylic acids is 1. The highest BCUT2D eigenvalue weighted by Crippen LogP contribution is 2.30. The lowest BCUT2D eigenvalue weighted by atomic mass is 10.1. The molecule has 0 radical (unpaired) electrons. The van der Waals surface area contributed by atoms with E-state index < -0.39 is 5.91 Å². The summed E-state index contributed by atoms with van der Waals surface area (Å²) in [5.41, 5.74) is 3.25. The molecule has 4 rings (SSSR count). The van der Waals surface area contributed by atoms with Crippen molar-refractivity contribution in [1.29, 1.82) is 5.26 Å². The topological polar surface area (TPSA) is 80.6 Å². The summed E-state index contributed by atoms with van der Waals surface area (Å²) in [6.07, 6.45) is 1.52. The standard InChI is InChI=1S/C32H27BrN2O4/c1-2-37-31-19-25(10-17-30(31)39-22-24-8-11-27(33)12-9-24)18-26(20-34)32(36)35-28-13-15-29(16-14-28)38-21-23-6-4-3-5-7-23/h3-19H,2,21-22H2,1H3,(H,35,36)/b26-18+. The first kappa shape index (κ1) is 27.5. The SMILES string of the molecule is CCOc1cc(/C=C(\C#N)C(=O)Nc2ccc(OCc3ccccc3)cc2)ccc1OCc1ccc(Br)cc1. The number of rotatable bonds is 11. The van der Waals surface area contributed by atoms with Gasteiger partial charge < -0.3 is 19.5 Å². The lowest BCUT2D eigenvalue weighted by Crippen LogP contribution is -2.13. The predicted molar refractivity (Wildman–Crippen MR) is 156 cm³/mol. The number of hydrogen-bond acceptors (Lipinski definition) is 5. The van der Waals surface area contributed by atoms with Gasteiger partial charge in [0, 0.05) is 10.2 Å². The van der Waals surface area contributed by atoms with Gasteiger partial charge in [-0.1, -0.05) is 64.5 Å². The van der Waals surface area contributed by atoms with Crippen LogP contribution in [0.15, 0.2) is 107 Å². The monoisotopic (exact) mass is 582 g/mol. The molecule has 0 spiro atoms. The Morgan fingerprint density at radius 3 is 2.23 bits per heavy atom. The summed E-state index contributed by atoms with van der Waals surface area (Å²) in [6.45, 7) is 3.15. The molecule has 4 aromatic rings. The smallest absolute Gasteiger partial charge is 0.266 e. The molecule has 4 aromatic carbocycles. The molecular formula is C32H27BrN2O4. The molecule has 0 heterocycles. The van der Waals surface area contributed by atoms with Gasteiger partial charge in [0.25, 0.3) is 5.91 Å². The third-order valence-corrected chi connectivity index (χ3v) is 6.14. The van der Waals surface area contributed by atoms with Crippen LogP contribution >= 0.6 is 15.9 Å². The Morgan fingerprint density at radius 1 is 0.846 bits per heavy atom. The molecule has 0 aliphatic heterocycles. The van der Waals surface area contributed by atoms with Crippen LogP contribution in [0.5, 0.6) is 17.2 Å². The Labute approximate surface area is 236 Å². The average molecular weight is 583 g/mol. The molecule has 0 bridgehead atoms. The second kappa shape index (κ2) is 13.8. The lowest BCUT2D eigenvalue weighted by Gasteiger charge is -2.13. The average Bonchev–Trinajstić information content (AvgIpc) is 2.96. The molecular weight excluding hydrogens is 556 g/mol.